The SMILES string of the molecule is Cn1cccc1C(=O)NNS(=O)(=O)c1ccc(S(N)(=O)=O)cc1. The number of sulfonamides is 2. The lowest BCUT2D eigenvalue weighted by molar-refractivity contribution is 0.0937. The molecule has 1 amide bonds. The summed E-state index contributed by atoms with van der Waals surface area (Å²) >= 11 is 0. The lowest BCUT2D eigenvalue weighted by Crippen LogP contribution is -2.42. The fourth-order valence-corrected chi connectivity index (χ4v) is 3.10. The van der Waals surface area contributed by atoms with Crippen LogP contribution in [0.3, 0.4) is 0 Å². The van der Waals surface area contributed by atoms with Gasteiger partial charge in [-0.15, -0.1) is 4.83 Å². The number of benzene rings is 1. The Hall–Kier alpha value is -2.21. The number of hydrogen-bond donors (Lipinski definition) is 3. The molecule has 2 aromatic rings. The number of hydrazine groups is 1. The summed E-state index contributed by atoms with van der Waals surface area (Å²) < 4.78 is 47.8. The summed E-state index contributed by atoms with van der Waals surface area (Å²) in [4.78, 5) is 13.3. The minimum Gasteiger partial charge on any atom is -0.347 e. The molecule has 0 unspecified atom stereocenters. The topological polar surface area (TPSA) is 140 Å². The maximum absolute atomic E-state index is 12.0. The number of aryl methyl sites for hydroxylation is 1. The van der Waals surface area contributed by atoms with Crippen LogP contribution in [0.5, 0.6) is 0 Å². The van der Waals surface area contributed by atoms with Crippen LogP contribution in [0.25, 0.3) is 0 Å². The molecule has 0 bridgehead atoms. The van der Waals surface area contributed by atoms with E-state index in [1.165, 1.54) is 10.6 Å². The molecule has 4 N–H and O–H groups in total. The van der Waals surface area contributed by atoms with Gasteiger partial charge in [-0.1, -0.05) is 0 Å². The van der Waals surface area contributed by atoms with Crippen LogP contribution in [-0.2, 0) is 27.1 Å². The lowest BCUT2D eigenvalue weighted by atomic mass is 10.4. The van der Waals surface area contributed by atoms with Gasteiger partial charge in [0.2, 0.25) is 10.0 Å². The van der Waals surface area contributed by atoms with E-state index in [1.807, 2.05) is 4.83 Å². The summed E-state index contributed by atoms with van der Waals surface area (Å²) in [6, 6.07) is 7.40. The molecular weight excluding hydrogens is 344 g/mol. The van der Waals surface area contributed by atoms with E-state index in [9.17, 15) is 21.6 Å². The average Bonchev–Trinajstić information content (AvgIpc) is 2.90. The number of nitrogens with one attached hydrogen (secondary N) is 2. The van der Waals surface area contributed by atoms with Crippen molar-refractivity contribution < 1.29 is 21.6 Å². The number of amides is 1. The van der Waals surface area contributed by atoms with Crippen molar-refractivity contribution in [3.8, 4) is 0 Å². The number of carbonyl (C=O) groups is 1. The second-order valence-electron chi connectivity index (χ2n) is 4.58. The van der Waals surface area contributed by atoms with Crippen molar-refractivity contribution in [2.45, 2.75) is 9.79 Å². The van der Waals surface area contributed by atoms with E-state index in [2.05, 4.69) is 5.43 Å². The molecule has 0 fully saturated rings. The summed E-state index contributed by atoms with van der Waals surface area (Å²) in [7, 11) is -6.33. The van der Waals surface area contributed by atoms with Crippen LogP contribution >= 0.6 is 0 Å². The molecule has 1 aromatic heterocycles. The third-order valence-corrected chi connectivity index (χ3v) is 5.13. The molecule has 0 aliphatic rings. The Morgan fingerprint density at radius 2 is 1.61 bits per heavy atom. The van der Waals surface area contributed by atoms with E-state index in [4.69, 9.17) is 5.14 Å². The summed E-state index contributed by atoms with van der Waals surface area (Å²) in [6.45, 7) is 0. The molecule has 11 heteroatoms. The normalized spacial score (nSPS) is 12.1. The van der Waals surface area contributed by atoms with E-state index >= 15 is 0 Å². The molecule has 23 heavy (non-hydrogen) atoms. The Morgan fingerprint density at radius 1 is 1.04 bits per heavy atom. The summed E-state index contributed by atoms with van der Waals surface area (Å²) in [5.74, 6) is -0.637. The van der Waals surface area contributed by atoms with Crippen LogP contribution in [0, 0.1) is 0 Å². The first kappa shape index (κ1) is 17.1. The molecule has 1 aromatic carbocycles. The van der Waals surface area contributed by atoms with Gasteiger partial charge in [0.05, 0.1) is 9.79 Å². The largest absolute Gasteiger partial charge is 0.347 e. The molecule has 0 aliphatic heterocycles. The number of aromatic nitrogens is 1. The van der Waals surface area contributed by atoms with Crippen LogP contribution in [0.2, 0.25) is 0 Å². The molecule has 0 atom stereocenters. The van der Waals surface area contributed by atoms with E-state index in [1.54, 1.807) is 19.3 Å². The van der Waals surface area contributed by atoms with Crippen LogP contribution in [0.4, 0.5) is 0 Å². The highest BCUT2D eigenvalue weighted by atomic mass is 32.2. The minimum atomic E-state index is -4.05. The van der Waals surface area contributed by atoms with Gasteiger partial charge in [-0.05, 0) is 36.4 Å². The fourth-order valence-electron chi connectivity index (χ4n) is 1.74. The van der Waals surface area contributed by atoms with Crippen molar-refractivity contribution >= 4 is 26.0 Å². The first-order valence-corrected chi connectivity index (χ1v) is 9.20. The van der Waals surface area contributed by atoms with E-state index in [0.717, 1.165) is 24.3 Å². The van der Waals surface area contributed by atoms with Crippen LogP contribution in [0.1, 0.15) is 10.5 Å². The summed E-state index contributed by atoms with van der Waals surface area (Å²) in [6.07, 6.45) is 1.63. The minimum absolute atomic E-state index is 0.218. The van der Waals surface area contributed by atoms with Gasteiger partial charge in [-0.2, -0.15) is 0 Å². The standard InChI is InChI=1S/C12H14N4O5S2/c1-16-8-2-3-11(16)12(17)14-15-23(20,21)10-6-4-9(5-7-10)22(13,18)19/h2-8,15H,1H3,(H,14,17)(H2,13,18,19). The number of primary sulfonamides is 1. The average molecular weight is 358 g/mol. The van der Waals surface area contributed by atoms with Crippen LogP contribution in [0.15, 0.2) is 52.4 Å². The second kappa shape index (κ2) is 6.12. The Morgan fingerprint density at radius 3 is 2.09 bits per heavy atom. The third kappa shape index (κ3) is 3.96. The second-order valence-corrected chi connectivity index (χ2v) is 7.82. The van der Waals surface area contributed by atoms with E-state index in [-0.39, 0.29) is 15.5 Å². The first-order valence-electron chi connectivity index (χ1n) is 6.17. The van der Waals surface area contributed by atoms with Gasteiger partial charge >= 0.3 is 0 Å². The Labute approximate surface area is 133 Å². The number of carbonyl (C=O) groups excluding carboxylic acids is 1. The maximum atomic E-state index is 12.0. The molecule has 0 aliphatic carbocycles. The van der Waals surface area contributed by atoms with E-state index < -0.39 is 26.0 Å². The number of rotatable bonds is 5. The molecule has 2 rings (SSSR count). The van der Waals surface area contributed by atoms with Crippen molar-refractivity contribution in [1.29, 1.82) is 0 Å². The van der Waals surface area contributed by atoms with Crippen molar-refractivity contribution in [3.05, 3.63) is 48.3 Å². The van der Waals surface area contributed by atoms with E-state index in [0.29, 0.717) is 0 Å². The molecule has 0 saturated heterocycles. The number of hydrogen-bond acceptors (Lipinski definition) is 5. The molecule has 124 valence electrons. The summed E-state index contributed by atoms with van der Waals surface area (Å²) in [5.41, 5.74) is 2.33. The zero-order valence-electron chi connectivity index (χ0n) is 11.9. The van der Waals surface area contributed by atoms with Crippen molar-refractivity contribution in [2.24, 2.45) is 12.2 Å². The van der Waals surface area contributed by atoms with Gasteiger partial charge in [-0.3, -0.25) is 10.2 Å². The van der Waals surface area contributed by atoms with Gasteiger partial charge in [0, 0.05) is 13.2 Å². The quantitative estimate of drug-likeness (QED) is 0.606. The molecule has 9 nitrogen and oxygen atoms in total. The van der Waals surface area contributed by atoms with Crippen LogP contribution < -0.4 is 15.4 Å². The highest BCUT2D eigenvalue weighted by molar-refractivity contribution is 7.89. The van der Waals surface area contributed by atoms with Crippen molar-refractivity contribution in [2.75, 3.05) is 0 Å². The molecule has 0 saturated carbocycles. The van der Waals surface area contributed by atoms with Gasteiger partial charge in [0.25, 0.3) is 15.9 Å². The third-order valence-electron chi connectivity index (χ3n) is 2.94. The predicted octanol–water partition coefficient (Wildman–Crippen LogP) is -0.704. The monoisotopic (exact) mass is 358 g/mol. The smallest absolute Gasteiger partial charge is 0.282 e. The molecular formula is C12H14N4O5S2. The maximum Gasteiger partial charge on any atom is 0.282 e. The molecule has 1 heterocycles. The highest BCUT2D eigenvalue weighted by Gasteiger charge is 2.18. The van der Waals surface area contributed by atoms with Gasteiger partial charge < -0.3 is 4.57 Å². The Bertz CT molecular complexity index is 930. The van der Waals surface area contributed by atoms with Gasteiger partial charge in [-0.25, -0.2) is 22.0 Å². The van der Waals surface area contributed by atoms with Crippen molar-refractivity contribution in [1.82, 2.24) is 14.8 Å². The summed E-state index contributed by atoms with van der Waals surface area (Å²) in [5, 5.41) is 4.93. The highest BCUT2D eigenvalue weighted by Crippen LogP contribution is 2.12. The number of nitrogens with two attached hydrogens (primary N) is 1. The molecule has 0 spiro atoms. The number of nitrogens with zero attached hydrogens (tertiary/aromatic N) is 1. The zero-order valence-corrected chi connectivity index (χ0v) is 13.6. The first-order chi connectivity index (χ1) is 10.6. The Balaban J connectivity index is 2.13. The van der Waals surface area contributed by atoms with Crippen molar-refractivity contribution in [3.63, 3.8) is 0 Å². The van der Waals surface area contributed by atoms with Crippen LogP contribution in [-0.4, -0.2) is 27.3 Å². The van der Waals surface area contributed by atoms with Gasteiger partial charge in [0.1, 0.15) is 5.69 Å². The van der Waals surface area contributed by atoms with Gasteiger partial charge in [0.15, 0.2) is 0 Å². The predicted molar refractivity (Wildman–Crippen MR) is 81.0 cm³/mol. The Kier molecular flexibility index (Phi) is 4.56. The lowest BCUT2D eigenvalue weighted by Gasteiger charge is -2.09. The fraction of sp³-hybridized carbons (Fsp3) is 0.0833. The molecule has 0 radical (unpaired) electrons. The zero-order chi connectivity index (χ0) is 17.3.